The van der Waals surface area contributed by atoms with Crippen molar-refractivity contribution in [1.29, 1.82) is 0 Å². The van der Waals surface area contributed by atoms with Gasteiger partial charge >= 0.3 is 5.97 Å². The molecule has 1 aliphatic heterocycles. The maximum Gasteiger partial charge on any atom is 0.323 e. The predicted molar refractivity (Wildman–Crippen MR) is 113 cm³/mol. The molecule has 1 saturated heterocycles. The Balaban J connectivity index is 1.86. The predicted octanol–water partition coefficient (Wildman–Crippen LogP) is 2.55. The Hall–Kier alpha value is -1.45. The Bertz CT molecular complexity index is 802. The number of nitrogens with zero attached hydrogens (tertiary/aromatic N) is 3. The number of sulfone groups is 1. The number of rotatable bonds is 10. The van der Waals surface area contributed by atoms with Gasteiger partial charge in [0.25, 0.3) is 0 Å². The summed E-state index contributed by atoms with van der Waals surface area (Å²) in [4.78, 5) is 18.9. The highest BCUT2D eigenvalue weighted by Gasteiger charge is 2.35. The monoisotopic (exact) mass is 441 g/mol. The summed E-state index contributed by atoms with van der Waals surface area (Å²) >= 11 is 0. The van der Waals surface area contributed by atoms with E-state index < -0.39 is 9.84 Å². The summed E-state index contributed by atoms with van der Waals surface area (Å²) in [7, 11) is -1.82. The van der Waals surface area contributed by atoms with E-state index in [4.69, 9.17) is 9.47 Å². The molecule has 2 heterocycles. The molecule has 1 aromatic rings. The van der Waals surface area contributed by atoms with Crippen LogP contribution in [0.25, 0.3) is 0 Å². The molecule has 1 atom stereocenters. The van der Waals surface area contributed by atoms with Gasteiger partial charge < -0.3 is 14.0 Å². The van der Waals surface area contributed by atoms with Gasteiger partial charge in [0.05, 0.1) is 23.7 Å². The zero-order valence-electron chi connectivity index (χ0n) is 18.2. The Labute approximate surface area is 179 Å². The fourth-order valence-corrected chi connectivity index (χ4v) is 6.56. The molecule has 8 nitrogen and oxygen atoms in total. The fourth-order valence-electron chi connectivity index (χ4n) is 4.59. The highest BCUT2D eigenvalue weighted by molar-refractivity contribution is 7.91. The number of imidazole rings is 1. The molecule has 1 saturated carbocycles. The van der Waals surface area contributed by atoms with E-state index >= 15 is 0 Å². The summed E-state index contributed by atoms with van der Waals surface area (Å²) in [6.45, 7) is 4.54. The third kappa shape index (κ3) is 5.23. The lowest BCUT2D eigenvalue weighted by molar-refractivity contribution is -0.151. The van der Waals surface area contributed by atoms with Crippen molar-refractivity contribution in [2.75, 3.05) is 26.9 Å². The van der Waals surface area contributed by atoms with Crippen molar-refractivity contribution in [3.05, 3.63) is 11.9 Å². The van der Waals surface area contributed by atoms with Crippen LogP contribution in [-0.4, -0.2) is 67.0 Å². The van der Waals surface area contributed by atoms with Crippen LogP contribution in [-0.2, 0) is 37.2 Å². The first-order chi connectivity index (χ1) is 14.5. The van der Waals surface area contributed by atoms with Gasteiger partial charge in [0.1, 0.15) is 6.04 Å². The number of likely N-dealkylation sites (tertiary alicyclic amines) is 1. The lowest BCUT2D eigenvalue weighted by Crippen LogP contribution is -2.45. The van der Waals surface area contributed by atoms with Gasteiger partial charge in [0.15, 0.2) is 0 Å². The van der Waals surface area contributed by atoms with Gasteiger partial charge in [-0.25, -0.2) is 13.4 Å². The van der Waals surface area contributed by atoms with Crippen LogP contribution in [0.1, 0.15) is 64.0 Å². The zero-order valence-corrected chi connectivity index (χ0v) is 19.0. The van der Waals surface area contributed by atoms with Crippen LogP contribution >= 0.6 is 0 Å². The largest absolute Gasteiger partial charge is 0.465 e. The average Bonchev–Trinajstić information content (AvgIpc) is 3.40. The van der Waals surface area contributed by atoms with E-state index in [0.717, 1.165) is 44.3 Å². The highest BCUT2D eigenvalue weighted by Crippen LogP contribution is 2.30. The minimum absolute atomic E-state index is 0.171. The topological polar surface area (TPSA) is 90.7 Å². The first-order valence-corrected chi connectivity index (χ1v) is 12.7. The van der Waals surface area contributed by atoms with Gasteiger partial charge in [0.2, 0.25) is 15.0 Å². The molecule has 170 valence electrons. The Morgan fingerprint density at radius 2 is 1.93 bits per heavy atom. The van der Waals surface area contributed by atoms with Crippen molar-refractivity contribution in [2.24, 2.45) is 0 Å². The third-order valence-electron chi connectivity index (χ3n) is 6.16. The number of hydrogen-bond donors (Lipinski definition) is 0. The van der Waals surface area contributed by atoms with Crippen LogP contribution in [0.4, 0.5) is 0 Å². The van der Waals surface area contributed by atoms with Gasteiger partial charge in [-0.2, -0.15) is 0 Å². The van der Waals surface area contributed by atoms with Crippen molar-refractivity contribution in [1.82, 2.24) is 14.5 Å². The molecule has 2 aliphatic rings. The maximum atomic E-state index is 13.2. The summed E-state index contributed by atoms with van der Waals surface area (Å²) in [6, 6.07) is -0.282. The minimum atomic E-state index is -3.46. The molecule has 0 unspecified atom stereocenters. The lowest BCUT2D eigenvalue weighted by atomic mass is 10.0. The molecule has 0 bridgehead atoms. The molecule has 0 radical (unpaired) electrons. The van der Waals surface area contributed by atoms with Gasteiger partial charge in [-0.05, 0) is 45.6 Å². The van der Waals surface area contributed by atoms with Crippen molar-refractivity contribution >= 4 is 15.8 Å². The van der Waals surface area contributed by atoms with E-state index in [2.05, 4.69) is 9.88 Å². The third-order valence-corrected chi connectivity index (χ3v) is 8.35. The SMILES string of the molecule is CCOC(=O)[C@H]1CCCCN1Cc1cnc(S(=O)(=O)C2CCCC2)n1CCCOC. The number of methoxy groups -OCH3 is 1. The second-order valence-electron chi connectivity index (χ2n) is 8.22. The molecule has 1 aliphatic carbocycles. The van der Waals surface area contributed by atoms with E-state index in [9.17, 15) is 13.2 Å². The van der Waals surface area contributed by atoms with E-state index in [0.29, 0.717) is 45.6 Å². The fraction of sp³-hybridized carbons (Fsp3) is 0.810. The molecular weight excluding hydrogens is 406 g/mol. The highest BCUT2D eigenvalue weighted by atomic mass is 32.2. The van der Waals surface area contributed by atoms with E-state index in [-0.39, 0.29) is 22.4 Å². The van der Waals surface area contributed by atoms with Crippen molar-refractivity contribution < 1.29 is 22.7 Å². The number of ether oxygens (including phenoxy) is 2. The van der Waals surface area contributed by atoms with E-state index in [1.54, 1.807) is 13.3 Å². The first kappa shape index (κ1) is 23.2. The average molecular weight is 442 g/mol. The zero-order chi connectivity index (χ0) is 21.6. The summed E-state index contributed by atoms with van der Waals surface area (Å²) in [5.74, 6) is -0.193. The lowest BCUT2D eigenvalue weighted by Gasteiger charge is -2.34. The summed E-state index contributed by atoms with van der Waals surface area (Å²) in [6.07, 6.45) is 8.48. The number of aromatic nitrogens is 2. The van der Waals surface area contributed by atoms with E-state index in [1.165, 1.54) is 0 Å². The summed E-state index contributed by atoms with van der Waals surface area (Å²) < 4.78 is 38.8. The Kier molecular flexibility index (Phi) is 8.30. The molecule has 2 fully saturated rings. The van der Waals surface area contributed by atoms with Crippen LogP contribution in [0.5, 0.6) is 0 Å². The molecule has 30 heavy (non-hydrogen) atoms. The molecule has 3 rings (SSSR count). The van der Waals surface area contributed by atoms with Crippen LogP contribution in [0.15, 0.2) is 11.4 Å². The second kappa shape index (κ2) is 10.7. The second-order valence-corrected chi connectivity index (χ2v) is 10.3. The summed E-state index contributed by atoms with van der Waals surface area (Å²) in [5.41, 5.74) is 0.832. The maximum absolute atomic E-state index is 13.2. The van der Waals surface area contributed by atoms with Crippen molar-refractivity contribution in [2.45, 2.75) is 87.8 Å². The number of carbonyl (C=O) groups excluding carboxylic acids is 1. The van der Waals surface area contributed by atoms with Gasteiger partial charge in [0, 0.05) is 26.8 Å². The number of piperidine rings is 1. The molecule has 0 aromatic carbocycles. The number of esters is 1. The molecule has 1 aromatic heterocycles. The van der Waals surface area contributed by atoms with Crippen LogP contribution in [0.3, 0.4) is 0 Å². The van der Waals surface area contributed by atoms with E-state index in [1.807, 2.05) is 11.5 Å². The Morgan fingerprint density at radius 1 is 1.20 bits per heavy atom. The molecule has 0 N–H and O–H groups in total. The smallest absolute Gasteiger partial charge is 0.323 e. The molecule has 9 heteroatoms. The number of hydrogen-bond acceptors (Lipinski definition) is 7. The van der Waals surface area contributed by atoms with Crippen LogP contribution in [0, 0.1) is 0 Å². The van der Waals surface area contributed by atoms with Crippen molar-refractivity contribution in [3.63, 3.8) is 0 Å². The number of carbonyl (C=O) groups is 1. The Morgan fingerprint density at radius 3 is 2.63 bits per heavy atom. The van der Waals surface area contributed by atoms with Gasteiger partial charge in [-0.3, -0.25) is 9.69 Å². The molecular formula is C21H35N3O5S. The van der Waals surface area contributed by atoms with Gasteiger partial charge in [-0.1, -0.05) is 19.3 Å². The first-order valence-electron chi connectivity index (χ1n) is 11.2. The van der Waals surface area contributed by atoms with Crippen LogP contribution in [0.2, 0.25) is 0 Å². The quantitative estimate of drug-likeness (QED) is 0.407. The minimum Gasteiger partial charge on any atom is -0.465 e. The van der Waals surface area contributed by atoms with Gasteiger partial charge in [-0.15, -0.1) is 0 Å². The molecule has 0 spiro atoms. The van der Waals surface area contributed by atoms with Crippen LogP contribution < -0.4 is 0 Å². The standard InChI is InChI=1S/C21H35N3O5S/c1-3-29-20(25)19-11-6-7-12-23(19)16-17-15-22-21(24(17)13-8-14-28-2)30(26,27)18-9-4-5-10-18/h15,18-19H,3-14,16H2,1-2H3/t19-/m1/s1. The summed E-state index contributed by atoms with van der Waals surface area (Å²) in [5, 5.41) is -0.165. The normalized spacial score (nSPS) is 21.2. The van der Waals surface area contributed by atoms with Crippen molar-refractivity contribution in [3.8, 4) is 0 Å². The molecule has 0 amide bonds.